The maximum atomic E-state index is 12.0. The highest BCUT2D eigenvalue weighted by molar-refractivity contribution is 5.81. The molecule has 1 rings (SSSR count). The lowest BCUT2D eigenvalue weighted by Crippen LogP contribution is -2.40. The van der Waals surface area contributed by atoms with Gasteiger partial charge in [-0.3, -0.25) is 4.79 Å². The van der Waals surface area contributed by atoms with Gasteiger partial charge in [0.15, 0.2) is 0 Å². The van der Waals surface area contributed by atoms with Gasteiger partial charge in [0, 0.05) is 24.9 Å². The Morgan fingerprint density at radius 1 is 1.33 bits per heavy atom. The summed E-state index contributed by atoms with van der Waals surface area (Å²) < 4.78 is 0. The average Bonchev–Trinajstić information content (AvgIpc) is 2.32. The summed E-state index contributed by atoms with van der Waals surface area (Å²) in [6.07, 6.45) is 5.63. The average molecular weight is 253 g/mol. The third-order valence-electron chi connectivity index (χ3n) is 4.74. The molecular weight excluding hydrogens is 222 g/mol. The zero-order valence-electron chi connectivity index (χ0n) is 12.9. The Morgan fingerprint density at radius 3 is 2.56 bits per heavy atom. The molecule has 0 amide bonds. The van der Waals surface area contributed by atoms with Crippen LogP contribution in [-0.4, -0.2) is 30.3 Å². The van der Waals surface area contributed by atoms with Crippen LogP contribution in [0.1, 0.15) is 59.8 Å². The highest BCUT2D eigenvalue weighted by Crippen LogP contribution is 2.30. The molecule has 1 saturated carbocycles. The molecule has 0 aromatic rings. The van der Waals surface area contributed by atoms with E-state index in [0.29, 0.717) is 23.7 Å². The molecule has 106 valence electrons. The number of carbonyl (C=O) groups excluding carboxylic acids is 1. The Labute approximate surface area is 113 Å². The predicted molar refractivity (Wildman–Crippen MR) is 77.7 cm³/mol. The molecule has 0 N–H and O–H groups in total. The Balaban J connectivity index is 2.50. The van der Waals surface area contributed by atoms with Gasteiger partial charge < -0.3 is 4.90 Å². The van der Waals surface area contributed by atoms with Gasteiger partial charge in [0.25, 0.3) is 0 Å². The van der Waals surface area contributed by atoms with Crippen LogP contribution in [0.25, 0.3) is 0 Å². The van der Waals surface area contributed by atoms with E-state index in [1.165, 1.54) is 12.8 Å². The number of hydrogen-bond acceptors (Lipinski definition) is 2. The van der Waals surface area contributed by atoms with Crippen LogP contribution in [0.5, 0.6) is 0 Å². The van der Waals surface area contributed by atoms with Gasteiger partial charge in [0.1, 0.15) is 5.78 Å². The maximum Gasteiger partial charge on any atom is 0.137 e. The third-order valence-corrected chi connectivity index (χ3v) is 4.74. The van der Waals surface area contributed by atoms with Crippen molar-refractivity contribution in [3.8, 4) is 0 Å². The predicted octanol–water partition coefficient (Wildman–Crippen LogP) is 3.75. The van der Waals surface area contributed by atoms with Crippen molar-refractivity contribution in [1.82, 2.24) is 4.90 Å². The highest BCUT2D eigenvalue weighted by Gasteiger charge is 2.30. The van der Waals surface area contributed by atoms with Crippen LogP contribution in [-0.2, 0) is 4.79 Å². The monoisotopic (exact) mass is 253 g/mol. The summed E-state index contributed by atoms with van der Waals surface area (Å²) in [6.45, 7) is 9.98. The van der Waals surface area contributed by atoms with E-state index in [-0.39, 0.29) is 0 Å². The minimum Gasteiger partial charge on any atom is -0.303 e. The molecule has 2 heteroatoms. The molecule has 1 aliphatic carbocycles. The molecule has 3 unspecified atom stereocenters. The molecule has 0 heterocycles. The summed E-state index contributed by atoms with van der Waals surface area (Å²) >= 11 is 0. The van der Waals surface area contributed by atoms with Crippen molar-refractivity contribution in [2.45, 2.75) is 65.8 Å². The third kappa shape index (κ3) is 4.38. The maximum absolute atomic E-state index is 12.0. The van der Waals surface area contributed by atoms with Crippen LogP contribution in [0.4, 0.5) is 0 Å². The van der Waals surface area contributed by atoms with E-state index in [1.807, 2.05) is 0 Å². The zero-order valence-corrected chi connectivity index (χ0v) is 12.9. The standard InChI is InChI=1S/C16H31NO/c1-6-7-14-8-9-16(18)15(10-14)11-17(5)13(4)12(2)3/h12-15H,6-11H2,1-5H3. The number of rotatable bonds is 6. The summed E-state index contributed by atoms with van der Waals surface area (Å²) in [6, 6.07) is 0.560. The van der Waals surface area contributed by atoms with Crippen LogP contribution in [0, 0.1) is 17.8 Å². The SMILES string of the molecule is CCCC1CCC(=O)C(CN(C)C(C)C(C)C)C1. The molecule has 18 heavy (non-hydrogen) atoms. The molecule has 0 spiro atoms. The van der Waals surface area contributed by atoms with Crippen LogP contribution < -0.4 is 0 Å². The molecule has 1 aliphatic rings. The Morgan fingerprint density at radius 2 is 2.00 bits per heavy atom. The molecule has 0 aliphatic heterocycles. The second kappa shape index (κ2) is 7.28. The van der Waals surface area contributed by atoms with Crippen LogP contribution >= 0.6 is 0 Å². The van der Waals surface area contributed by atoms with Crippen molar-refractivity contribution in [1.29, 1.82) is 0 Å². The van der Waals surface area contributed by atoms with Crippen molar-refractivity contribution >= 4 is 5.78 Å². The fourth-order valence-corrected chi connectivity index (χ4v) is 3.07. The van der Waals surface area contributed by atoms with E-state index in [0.717, 1.165) is 31.7 Å². The highest BCUT2D eigenvalue weighted by atomic mass is 16.1. The van der Waals surface area contributed by atoms with Gasteiger partial charge in [0.2, 0.25) is 0 Å². The van der Waals surface area contributed by atoms with E-state index in [1.54, 1.807) is 0 Å². The minimum absolute atomic E-state index is 0.293. The van der Waals surface area contributed by atoms with E-state index in [9.17, 15) is 4.79 Å². The first-order valence-electron chi connectivity index (χ1n) is 7.68. The van der Waals surface area contributed by atoms with Crippen molar-refractivity contribution < 1.29 is 4.79 Å². The van der Waals surface area contributed by atoms with Gasteiger partial charge in [-0.1, -0.05) is 33.6 Å². The smallest absolute Gasteiger partial charge is 0.137 e. The quantitative estimate of drug-likeness (QED) is 0.718. The Hall–Kier alpha value is -0.370. The van der Waals surface area contributed by atoms with E-state index in [4.69, 9.17) is 0 Å². The largest absolute Gasteiger partial charge is 0.303 e. The first kappa shape index (κ1) is 15.7. The normalized spacial score (nSPS) is 26.9. The lowest BCUT2D eigenvalue weighted by Gasteiger charge is -2.34. The number of carbonyl (C=O) groups is 1. The number of hydrogen-bond donors (Lipinski definition) is 0. The molecule has 0 aromatic carbocycles. The number of nitrogens with zero attached hydrogens (tertiary/aromatic N) is 1. The first-order valence-corrected chi connectivity index (χ1v) is 7.68. The van der Waals surface area contributed by atoms with Crippen molar-refractivity contribution in [3.63, 3.8) is 0 Å². The van der Waals surface area contributed by atoms with Crippen molar-refractivity contribution in [2.24, 2.45) is 17.8 Å². The van der Waals surface area contributed by atoms with Gasteiger partial charge in [0.05, 0.1) is 0 Å². The van der Waals surface area contributed by atoms with Gasteiger partial charge in [-0.2, -0.15) is 0 Å². The molecule has 3 atom stereocenters. The number of Topliss-reactive ketones (excluding diaryl/α,β-unsaturated/α-hetero) is 1. The zero-order chi connectivity index (χ0) is 13.7. The van der Waals surface area contributed by atoms with Crippen LogP contribution in [0.3, 0.4) is 0 Å². The Kier molecular flexibility index (Phi) is 6.34. The summed E-state index contributed by atoms with van der Waals surface area (Å²) in [5, 5.41) is 0. The van der Waals surface area contributed by atoms with Crippen LogP contribution in [0.2, 0.25) is 0 Å². The first-order chi connectivity index (χ1) is 8.45. The topological polar surface area (TPSA) is 20.3 Å². The summed E-state index contributed by atoms with van der Waals surface area (Å²) in [5.41, 5.74) is 0. The van der Waals surface area contributed by atoms with Crippen molar-refractivity contribution in [3.05, 3.63) is 0 Å². The molecule has 0 bridgehead atoms. The summed E-state index contributed by atoms with van der Waals surface area (Å²) in [4.78, 5) is 14.4. The van der Waals surface area contributed by atoms with Gasteiger partial charge >= 0.3 is 0 Å². The molecule has 2 nitrogen and oxygen atoms in total. The van der Waals surface area contributed by atoms with Crippen molar-refractivity contribution in [2.75, 3.05) is 13.6 Å². The Bertz CT molecular complexity index is 262. The lowest BCUT2D eigenvalue weighted by molar-refractivity contribution is -0.126. The fraction of sp³-hybridized carbons (Fsp3) is 0.938. The van der Waals surface area contributed by atoms with E-state index in [2.05, 4.69) is 39.6 Å². The second-order valence-electron chi connectivity index (χ2n) is 6.52. The van der Waals surface area contributed by atoms with Crippen LogP contribution in [0.15, 0.2) is 0 Å². The molecule has 0 radical (unpaired) electrons. The van der Waals surface area contributed by atoms with Gasteiger partial charge in [-0.05, 0) is 38.6 Å². The molecule has 0 aromatic heterocycles. The lowest BCUT2D eigenvalue weighted by atomic mass is 9.78. The molecule has 0 saturated heterocycles. The van der Waals surface area contributed by atoms with Gasteiger partial charge in [-0.25, -0.2) is 0 Å². The summed E-state index contributed by atoms with van der Waals surface area (Å²) in [7, 11) is 2.17. The van der Waals surface area contributed by atoms with Gasteiger partial charge in [-0.15, -0.1) is 0 Å². The minimum atomic E-state index is 0.293. The summed E-state index contributed by atoms with van der Waals surface area (Å²) in [5.74, 6) is 2.24. The second-order valence-corrected chi connectivity index (χ2v) is 6.52. The van der Waals surface area contributed by atoms with E-state index >= 15 is 0 Å². The fourth-order valence-electron chi connectivity index (χ4n) is 3.07. The number of ketones is 1. The van der Waals surface area contributed by atoms with E-state index < -0.39 is 0 Å². The molecular formula is C16H31NO. The molecule has 1 fully saturated rings.